The lowest BCUT2D eigenvalue weighted by molar-refractivity contribution is -0.125. The van der Waals surface area contributed by atoms with Crippen LogP contribution in [-0.4, -0.2) is 52.5 Å². The monoisotopic (exact) mass is 499 g/mol. The van der Waals surface area contributed by atoms with E-state index in [0.717, 1.165) is 25.5 Å². The van der Waals surface area contributed by atoms with Crippen LogP contribution in [0.25, 0.3) is 0 Å². The Bertz CT molecular complexity index is 488. The predicted molar refractivity (Wildman–Crippen MR) is 122 cm³/mol. The van der Waals surface area contributed by atoms with E-state index in [9.17, 15) is 4.21 Å². The van der Waals surface area contributed by atoms with E-state index < -0.39 is 10.8 Å². The van der Waals surface area contributed by atoms with Crippen LogP contribution < -0.4 is 10.6 Å². The second kappa shape index (κ2) is 10.6. The Morgan fingerprint density at radius 2 is 1.92 bits per heavy atom. The lowest BCUT2D eigenvalue weighted by Crippen LogP contribution is -2.65. The van der Waals surface area contributed by atoms with E-state index in [1.165, 1.54) is 25.7 Å². The minimum Gasteiger partial charge on any atom is -0.378 e. The predicted octanol–water partition coefficient (Wildman–Crippen LogP) is 3.44. The molecule has 3 atom stereocenters. The second-order valence-electron chi connectivity index (χ2n) is 8.24. The molecule has 1 spiro atoms. The molecule has 2 N–H and O–H groups in total. The number of halogens is 1. The highest BCUT2D eigenvalue weighted by atomic mass is 127. The summed E-state index contributed by atoms with van der Waals surface area (Å²) in [7, 11) is -0.858. The van der Waals surface area contributed by atoms with E-state index in [1.54, 1.807) is 0 Å². The van der Waals surface area contributed by atoms with Gasteiger partial charge in [-0.15, -0.1) is 24.0 Å². The first-order chi connectivity index (χ1) is 11.8. The van der Waals surface area contributed by atoms with E-state index in [0.29, 0.717) is 29.9 Å². The van der Waals surface area contributed by atoms with Crippen LogP contribution in [-0.2, 0) is 15.5 Å². The normalized spacial score (nSPS) is 26.1. The summed E-state index contributed by atoms with van der Waals surface area (Å²) in [6.07, 6.45) is 6.58. The third-order valence-corrected chi connectivity index (χ3v) is 7.49. The van der Waals surface area contributed by atoms with E-state index in [4.69, 9.17) is 4.74 Å². The van der Waals surface area contributed by atoms with Gasteiger partial charge in [-0.1, -0.05) is 12.8 Å². The first-order valence-electron chi connectivity index (χ1n) is 9.88. The van der Waals surface area contributed by atoms with E-state index in [1.807, 2.05) is 20.8 Å². The van der Waals surface area contributed by atoms with E-state index >= 15 is 0 Å². The molecule has 0 aromatic heterocycles. The number of aliphatic imine (C=N–C) groups is 1. The van der Waals surface area contributed by atoms with Crippen LogP contribution in [0.5, 0.6) is 0 Å². The highest BCUT2D eigenvalue weighted by molar-refractivity contribution is 14.0. The molecule has 2 fully saturated rings. The Morgan fingerprint density at radius 3 is 2.46 bits per heavy atom. The standard InChI is InChI=1S/C19H37N3O2S.HI/c1-6-20-17(21-12-13-25(23)18(3,4)5)22-15-14-16(24-7-2)19(15)10-8-9-11-19;/h15-16H,6-14H2,1-5H3,(H2,20,21,22);1H. The average Bonchev–Trinajstić information content (AvgIpc) is 3.05. The van der Waals surface area contributed by atoms with Crippen LogP contribution >= 0.6 is 24.0 Å². The van der Waals surface area contributed by atoms with Gasteiger partial charge in [0.15, 0.2) is 5.96 Å². The number of guanidine groups is 1. The molecule has 0 radical (unpaired) electrons. The zero-order chi connectivity index (χ0) is 18.5. The van der Waals surface area contributed by atoms with E-state index in [2.05, 4.69) is 29.5 Å². The van der Waals surface area contributed by atoms with Crippen molar-refractivity contribution in [2.75, 3.05) is 25.4 Å². The summed E-state index contributed by atoms with van der Waals surface area (Å²) in [5.74, 6) is 1.47. The van der Waals surface area contributed by atoms with Gasteiger partial charge in [0.1, 0.15) is 0 Å². The van der Waals surface area contributed by atoms with Crippen LogP contribution in [0.15, 0.2) is 4.99 Å². The van der Waals surface area contributed by atoms with Gasteiger partial charge in [-0.3, -0.25) is 9.20 Å². The van der Waals surface area contributed by atoms with Crippen LogP contribution in [0.4, 0.5) is 0 Å². The lowest BCUT2D eigenvalue weighted by Gasteiger charge is -2.54. The first kappa shape index (κ1) is 24.1. The first-order valence-corrected chi connectivity index (χ1v) is 11.2. The Balaban J connectivity index is 0.00000338. The fraction of sp³-hybridized carbons (Fsp3) is 0.947. The lowest BCUT2D eigenvalue weighted by atomic mass is 9.60. The van der Waals surface area contributed by atoms with Crippen molar-refractivity contribution < 1.29 is 8.95 Å². The number of hydrogen-bond donors (Lipinski definition) is 2. The molecular formula is C19H38IN3O2S. The summed E-state index contributed by atoms with van der Waals surface area (Å²) in [6.45, 7) is 12.4. The topological polar surface area (TPSA) is 62.7 Å². The summed E-state index contributed by atoms with van der Waals surface area (Å²) in [5.41, 5.74) is 0.292. The van der Waals surface area contributed by atoms with E-state index in [-0.39, 0.29) is 28.7 Å². The number of ether oxygens (including phenoxy) is 1. The molecule has 0 saturated heterocycles. The van der Waals surface area contributed by atoms with Gasteiger partial charge in [-0.2, -0.15) is 0 Å². The van der Waals surface area contributed by atoms with Crippen molar-refractivity contribution in [1.29, 1.82) is 0 Å². The van der Waals surface area contributed by atoms with Gasteiger partial charge >= 0.3 is 0 Å². The van der Waals surface area contributed by atoms with Crippen molar-refractivity contribution in [3.63, 3.8) is 0 Å². The highest BCUT2D eigenvalue weighted by Crippen LogP contribution is 2.54. The van der Waals surface area contributed by atoms with Crippen molar-refractivity contribution in [3.8, 4) is 0 Å². The van der Waals surface area contributed by atoms with Gasteiger partial charge in [0.25, 0.3) is 0 Å². The van der Waals surface area contributed by atoms with Crippen molar-refractivity contribution >= 4 is 40.7 Å². The molecule has 2 aliphatic carbocycles. The van der Waals surface area contributed by atoms with Crippen LogP contribution in [0.2, 0.25) is 0 Å². The molecule has 0 heterocycles. The molecule has 3 unspecified atom stereocenters. The molecule has 0 bridgehead atoms. The number of hydrogen-bond acceptors (Lipinski definition) is 3. The Kier molecular flexibility index (Phi) is 9.84. The Labute approximate surface area is 179 Å². The van der Waals surface area contributed by atoms with Crippen molar-refractivity contribution in [2.45, 2.75) is 83.6 Å². The molecule has 2 aliphatic rings. The Hall–Kier alpha value is 0.110. The van der Waals surface area contributed by atoms with Gasteiger partial charge in [-0.25, -0.2) is 0 Å². The second-order valence-corrected chi connectivity index (χ2v) is 10.6. The Morgan fingerprint density at radius 1 is 1.27 bits per heavy atom. The number of nitrogens with one attached hydrogen (secondary N) is 2. The molecule has 2 rings (SSSR count). The van der Waals surface area contributed by atoms with Crippen LogP contribution in [0.3, 0.4) is 0 Å². The summed E-state index contributed by atoms with van der Waals surface area (Å²) in [4.78, 5) is 4.67. The molecule has 7 heteroatoms. The summed E-state index contributed by atoms with van der Waals surface area (Å²) in [5, 5.41) is 6.99. The molecule has 0 aromatic rings. The number of rotatable bonds is 7. The van der Waals surface area contributed by atoms with Gasteiger partial charge in [0.2, 0.25) is 0 Å². The fourth-order valence-electron chi connectivity index (χ4n) is 4.12. The molecule has 0 aliphatic heterocycles. The van der Waals surface area contributed by atoms with Gasteiger partial charge in [0, 0.05) is 45.9 Å². The summed E-state index contributed by atoms with van der Waals surface area (Å²) < 4.78 is 18.0. The third-order valence-electron chi connectivity index (χ3n) is 5.57. The molecule has 26 heavy (non-hydrogen) atoms. The van der Waals surface area contributed by atoms with Crippen molar-refractivity contribution in [2.24, 2.45) is 10.4 Å². The van der Waals surface area contributed by atoms with Gasteiger partial charge in [0.05, 0.1) is 12.6 Å². The summed E-state index contributed by atoms with van der Waals surface area (Å²) in [6, 6.07) is 0.442. The van der Waals surface area contributed by atoms with Crippen LogP contribution in [0.1, 0.15) is 66.7 Å². The maximum atomic E-state index is 12.2. The zero-order valence-corrected chi connectivity index (χ0v) is 20.2. The minimum absolute atomic E-state index is 0. The molecule has 5 nitrogen and oxygen atoms in total. The molecule has 2 saturated carbocycles. The average molecular weight is 500 g/mol. The van der Waals surface area contributed by atoms with Gasteiger partial charge < -0.3 is 15.4 Å². The minimum atomic E-state index is -0.858. The maximum absolute atomic E-state index is 12.2. The molecular weight excluding hydrogens is 461 g/mol. The van der Waals surface area contributed by atoms with Crippen LogP contribution in [0, 0.1) is 5.41 Å². The molecule has 0 amide bonds. The van der Waals surface area contributed by atoms with Crippen molar-refractivity contribution in [1.82, 2.24) is 10.6 Å². The number of nitrogens with zero attached hydrogens (tertiary/aromatic N) is 1. The highest BCUT2D eigenvalue weighted by Gasteiger charge is 2.56. The smallest absolute Gasteiger partial charge is 0.191 e. The zero-order valence-electron chi connectivity index (χ0n) is 17.1. The molecule has 0 aromatic carbocycles. The maximum Gasteiger partial charge on any atom is 0.191 e. The largest absolute Gasteiger partial charge is 0.378 e. The van der Waals surface area contributed by atoms with Gasteiger partial charge in [-0.05, 0) is 53.9 Å². The SMILES string of the molecule is CCNC(=NCCS(=O)C(C)(C)C)NC1CC(OCC)C12CCCC2.I. The fourth-order valence-corrected chi connectivity index (χ4v) is 4.99. The third kappa shape index (κ3) is 5.80. The quantitative estimate of drug-likeness (QED) is 0.320. The molecule has 154 valence electrons. The summed E-state index contributed by atoms with van der Waals surface area (Å²) >= 11 is 0. The van der Waals surface area contributed by atoms with Crippen molar-refractivity contribution in [3.05, 3.63) is 0 Å².